The number of alkyl halides is 2. The van der Waals surface area contributed by atoms with Crippen molar-refractivity contribution in [2.24, 2.45) is 10.9 Å². The summed E-state index contributed by atoms with van der Waals surface area (Å²) in [4.78, 5) is 29.8. The van der Waals surface area contributed by atoms with Crippen molar-refractivity contribution < 1.29 is 31.6 Å². The number of ketones is 1. The van der Waals surface area contributed by atoms with Gasteiger partial charge in [-0.05, 0) is 18.2 Å². The van der Waals surface area contributed by atoms with Gasteiger partial charge in [-0.2, -0.15) is 0 Å². The Morgan fingerprint density at radius 1 is 1.19 bits per heavy atom. The van der Waals surface area contributed by atoms with E-state index in [1.807, 2.05) is 5.21 Å². The van der Waals surface area contributed by atoms with E-state index in [1.165, 1.54) is 0 Å². The zero-order valence-electron chi connectivity index (χ0n) is 15.8. The third-order valence-corrected chi connectivity index (χ3v) is 4.67. The highest BCUT2D eigenvalue weighted by atomic mass is 35.5. The molecule has 2 N–H and O–H groups in total. The van der Waals surface area contributed by atoms with Crippen molar-refractivity contribution in [3.8, 4) is 0 Å². The van der Waals surface area contributed by atoms with Gasteiger partial charge in [0.15, 0.2) is 11.5 Å². The van der Waals surface area contributed by atoms with Gasteiger partial charge in [-0.15, -0.1) is 0 Å². The second-order valence-electron chi connectivity index (χ2n) is 6.15. The molecular weight excluding hydrogens is 482 g/mol. The molecule has 32 heavy (non-hydrogen) atoms. The van der Waals surface area contributed by atoms with E-state index in [0.717, 1.165) is 30.6 Å². The van der Waals surface area contributed by atoms with Crippen molar-refractivity contribution in [2.45, 2.75) is 13.0 Å². The minimum Gasteiger partial charge on any atom is -0.404 e. The van der Waals surface area contributed by atoms with Crippen molar-refractivity contribution in [3.63, 3.8) is 0 Å². The van der Waals surface area contributed by atoms with Gasteiger partial charge in [0.1, 0.15) is 11.6 Å². The maximum absolute atomic E-state index is 14.1. The van der Waals surface area contributed by atoms with Crippen LogP contribution in [0.2, 0.25) is 10.0 Å². The zero-order chi connectivity index (χ0) is 24.0. The number of nitrogens with zero attached hydrogens (tertiary/aromatic N) is 3. The monoisotopic (exact) mass is 494 g/mol. The minimum absolute atomic E-state index is 0.181. The van der Waals surface area contributed by atoms with Gasteiger partial charge in [-0.25, -0.2) is 17.6 Å². The molecule has 0 aliphatic carbocycles. The number of aromatic nitrogens is 1. The Balaban J connectivity index is 2.50. The average Bonchev–Trinajstić information content (AvgIpc) is 2.73. The number of hydrogen-bond acceptors (Lipinski definition) is 5. The molecule has 0 radical (unpaired) electrons. The van der Waals surface area contributed by atoms with Crippen LogP contribution in [-0.2, 0) is 11.3 Å². The summed E-state index contributed by atoms with van der Waals surface area (Å²) in [5, 5.41) is 1.51. The predicted molar refractivity (Wildman–Crippen MR) is 107 cm³/mol. The van der Waals surface area contributed by atoms with Crippen LogP contribution in [0.1, 0.15) is 15.9 Å². The lowest BCUT2D eigenvalue weighted by Crippen LogP contribution is -2.39. The first-order chi connectivity index (χ1) is 15.1. The predicted octanol–water partition coefficient (Wildman–Crippen LogP) is 4.31. The van der Waals surface area contributed by atoms with Gasteiger partial charge in [0.05, 0.1) is 27.7 Å². The SMILES string of the molecule is NC=C(C(=O)N(CC(=O)c1c(Cl)cncc1Cl)Cc1cc(F)ccc1F)C(=NF)C(F)F. The zero-order valence-corrected chi connectivity index (χ0v) is 17.3. The van der Waals surface area contributed by atoms with Gasteiger partial charge in [-0.3, -0.25) is 14.6 Å². The molecule has 0 atom stereocenters. The van der Waals surface area contributed by atoms with Crippen LogP contribution in [0.15, 0.2) is 47.6 Å². The lowest BCUT2D eigenvalue weighted by molar-refractivity contribution is -0.126. The van der Waals surface area contributed by atoms with Crippen LogP contribution in [0, 0.1) is 11.6 Å². The summed E-state index contributed by atoms with van der Waals surface area (Å²) in [6.07, 6.45) is -0.992. The molecule has 2 aromatic rings. The Bertz CT molecular complexity index is 1080. The van der Waals surface area contributed by atoms with Crippen LogP contribution in [0.25, 0.3) is 0 Å². The smallest absolute Gasteiger partial charge is 0.283 e. The van der Waals surface area contributed by atoms with Crippen molar-refractivity contribution in [1.29, 1.82) is 0 Å². The van der Waals surface area contributed by atoms with Gasteiger partial charge in [0.25, 0.3) is 12.3 Å². The number of pyridine rings is 1. The summed E-state index contributed by atoms with van der Waals surface area (Å²) in [7, 11) is 0. The number of nitrogens with two attached hydrogens (primary N) is 1. The summed E-state index contributed by atoms with van der Waals surface area (Å²) < 4.78 is 66.6. The van der Waals surface area contributed by atoms with Crippen molar-refractivity contribution >= 4 is 40.6 Å². The molecule has 170 valence electrons. The Morgan fingerprint density at radius 3 is 2.34 bits per heavy atom. The number of carbonyl (C=O) groups excluding carboxylic acids is 2. The quantitative estimate of drug-likeness (QED) is 0.256. The van der Waals surface area contributed by atoms with E-state index >= 15 is 0 Å². The Kier molecular flexibility index (Phi) is 8.67. The second kappa shape index (κ2) is 11.0. The number of carbonyl (C=O) groups is 2. The van der Waals surface area contributed by atoms with Crippen LogP contribution in [-0.4, -0.2) is 40.3 Å². The molecule has 1 amide bonds. The molecule has 0 saturated carbocycles. The molecule has 0 unspecified atom stereocenters. The van der Waals surface area contributed by atoms with Crippen LogP contribution in [0.4, 0.5) is 22.0 Å². The summed E-state index contributed by atoms with van der Waals surface area (Å²) >= 11 is 11.8. The summed E-state index contributed by atoms with van der Waals surface area (Å²) in [5.41, 5.74) is 1.86. The highest BCUT2D eigenvalue weighted by molar-refractivity contribution is 6.39. The third-order valence-electron chi connectivity index (χ3n) is 4.09. The van der Waals surface area contributed by atoms with Crippen LogP contribution in [0.5, 0.6) is 0 Å². The van der Waals surface area contributed by atoms with E-state index in [0.29, 0.717) is 11.1 Å². The number of amides is 1. The van der Waals surface area contributed by atoms with E-state index in [1.54, 1.807) is 0 Å². The highest BCUT2D eigenvalue weighted by Gasteiger charge is 2.31. The topological polar surface area (TPSA) is 88.7 Å². The Hall–Kier alpha value is -3.05. The molecule has 6 nitrogen and oxygen atoms in total. The van der Waals surface area contributed by atoms with Crippen molar-refractivity contribution in [2.75, 3.05) is 6.54 Å². The molecule has 0 bridgehead atoms. The fraction of sp³-hybridized carbons (Fsp3) is 0.158. The molecule has 0 aliphatic rings. The number of Topliss-reactive ketones (excluding diaryl/α,β-unsaturated/α-hetero) is 1. The van der Waals surface area contributed by atoms with E-state index in [9.17, 15) is 31.6 Å². The maximum atomic E-state index is 14.1. The Labute approximate surface area is 188 Å². The molecule has 1 aromatic carbocycles. The summed E-state index contributed by atoms with van der Waals surface area (Å²) in [6.45, 7) is -1.66. The minimum atomic E-state index is -3.54. The standard InChI is InChI=1S/C19H13Cl2F5N4O2/c20-12-5-28-6-13(21)16(12)15(31)8-30(7-9-3-10(22)1-2-14(9)23)19(32)11(4-27)17(29-26)18(24)25/h1-6,18H,7-8,27H2. The molecule has 1 aromatic heterocycles. The van der Waals surface area contributed by atoms with Gasteiger partial charge in [0, 0.05) is 30.7 Å². The fourth-order valence-electron chi connectivity index (χ4n) is 2.64. The molecule has 1 heterocycles. The van der Waals surface area contributed by atoms with Crippen molar-refractivity contribution in [3.05, 3.63) is 75.2 Å². The molecule has 13 heteroatoms. The van der Waals surface area contributed by atoms with E-state index in [-0.39, 0.29) is 15.6 Å². The third kappa shape index (κ3) is 5.80. The first-order valence-electron chi connectivity index (χ1n) is 8.55. The summed E-state index contributed by atoms with van der Waals surface area (Å²) in [5.74, 6) is -4.11. The number of halogens is 7. The lowest BCUT2D eigenvalue weighted by atomic mass is 10.1. The van der Waals surface area contributed by atoms with Crippen LogP contribution in [0.3, 0.4) is 0 Å². The average molecular weight is 495 g/mol. The molecule has 0 aliphatic heterocycles. The summed E-state index contributed by atoms with van der Waals surface area (Å²) in [6, 6.07) is 2.30. The molecule has 0 saturated heterocycles. The fourth-order valence-corrected chi connectivity index (χ4v) is 3.21. The first kappa shape index (κ1) is 25.2. The first-order valence-corrected chi connectivity index (χ1v) is 9.30. The molecule has 0 spiro atoms. The normalized spacial score (nSPS) is 12.2. The van der Waals surface area contributed by atoms with Gasteiger partial charge in [-0.1, -0.05) is 32.9 Å². The van der Waals surface area contributed by atoms with E-state index in [4.69, 9.17) is 28.9 Å². The lowest BCUT2D eigenvalue weighted by Gasteiger charge is -2.24. The van der Waals surface area contributed by atoms with E-state index < -0.39 is 59.7 Å². The van der Waals surface area contributed by atoms with Crippen molar-refractivity contribution in [1.82, 2.24) is 9.88 Å². The van der Waals surface area contributed by atoms with Gasteiger partial charge >= 0.3 is 0 Å². The number of hydrogen-bond donors (Lipinski definition) is 1. The van der Waals surface area contributed by atoms with Crippen LogP contribution >= 0.6 is 23.2 Å². The van der Waals surface area contributed by atoms with Crippen LogP contribution < -0.4 is 5.73 Å². The molecule has 0 fully saturated rings. The molecular formula is C19H13Cl2F5N4O2. The largest absolute Gasteiger partial charge is 0.404 e. The van der Waals surface area contributed by atoms with E-state index in [2.05, 4.69) is 4.98 Å². The number of rotatable bonds is 8. The number of benzene rings is 1. The molecule has 2 rings (SSSR count). The maximum Gasteiger partial charge on any atom is 0.283 e. The van der Waals surface area contributed by atoms with Gasteiger partial charge < -0.3 is 10.6 Å². The highest BCUT2D eigenvalue weighted by Crippen LogP contribution is 2.25. The second-order valence-corrected chi connectivity index (χ2v) is 6.96. The Morgan fingerprint density at radius 2 is 1.81 bits per heavy atom. The van der Waals surface area contributed by atoms with Gasteiger partial charge in [0.2, 0.25) is 0 Å².